The third-order valence-corrected chi connectivity index (χ3v) is 8.74. The Hall–Kier alpha value is -0.823. The predicted octanol–water partition coefficient (Wildman–Crippen LogP) is 4.68. The summed E-state index contributed by atoms with van der Waals surface area (Å²) in [6.07, 6.45) is 4.92. The monoisotopic (exact) mass is 272 g/mol. The van der Waals surface area contributed by atoms with Gasteiger partial charge in [0.2, 0.25) is 0 Å². The molecule has 19 heavy (non-hydrogen) atoms. The van der Waals surface area contributed by atoms with Crippen LogP contribution in [0.15, 0.2) is 44.8 Å². The van der Waals surface area contributed by atoms with Crippen molar-refractivity contribution in [3.8, 4) is 0 Å². The lowest BCUT2D eigenvalue weighted by molar-refractivity contribution is 0.601. The van der Waals surface area contributed by atoms with Crippen molar-refractivity contribution in [2.75, 3.05) is 0 Å². The topological polar surface area (TPSA) is 0 Å². The molecular weight excluding hydrogens is 244 g/mol. The summed E-state index contributed by atoms with van der Waals surface area (Å²) in [5, 5.41) is 3.49. The zero-order chi connectivity index (χ0) is 14.6. The minimum atomic E-state index is -0.348. The van der Waals surface area contributed by atoms with Crippen molar-refractivity contribution in [3.63, 3.8) is 0 Å². The molecule has 104 valence electrons. The second-order valence-corrected chi connectivity index (χ2v) is 9.25. The van der Waals surface area contributed by atoms with E-state index in [1.807, 2.05) is 0 Å². The van der Waals surface area contributed by atoms with E-state index in [1.54, 1.807) is 21.5 Å². The van der Waals surface area contributed by atoms with Crippen molar-refractivity contribution in [1.82, 2.24) is 0 Å². The second kappa shape index (κ2) is 4.34. The van der Waals surface area contributed by atoms with Gasteiger partial charge in [-0.1, -0.05) is 72.5 Å². The van der Waals surface area contributed by atoms with Crippen molar-refractivity contribution in [1.29, 1.82) is 0 Å². The van der Waals surface area contributed by atoms with E-state index in [-0.39, 0.29) is 20.3 Å². The quantitative estimate of drug-likeness (QED) is 0.641. The second-order valence-electron chi connectivity index (χ2n) is 7.48. The lowest BCUT2D eigenvalue weighted by Crippen LogP contribution is -2.22. The smallest absolute Gasteiger partial charge is 0.0720 e. The molecule has 0 saturated heterocycles. The summed E-state index contributed by atoms with van der Waals surface area (Å²) in [6.45, 7) is 18.7. The summed E-state index contributed by atoms with van der Waals surface area (Å²) in [7, 11) is -0.348. The van der Waals surface area contributed by atoms with Gasteiger partial charge in [-0.3, -0.25) is 0 Å². The largest absolute Gasteiger partial charge is 0.0802 e. The number of rotatable bonds is 2. The molecule has 0 spiro atoms. The molecule has 0 aromatic heterocycles. The van der Waals surface area contributed by atoms with E-state index in [9.17, 15) is 0 Å². The van der Waals surface area contributed by atoms with Crippen LogP contribution in [0.3, 0.4) is 0 Å². The maximum Gasteiger partial charge on any atom is 0.0802 e. The van der Waals surface area contributed by atoms with E-state index < -0.39 is 0 Å². The van der Waals surface area contributed by atoms with E-state index in [1.165, 1.54) is 11.1 Å². The molecule has 0 atom stereocenters. The van der Waals surface area contributed by atoms with Gasteiger partial charge in [-0.05, 0) is 27.7 Å². The van der Waals surface area contributed by atoms with Gasteiger partial charge in [0.1, 0.15) is 0 Å². The fourth-order valence-electron chi connectivity index (χ4n) is 3.81. The van der Waals surface area contributed by atoms with E-state index in [4.69, 9.17) is 0 Å². The normalized spacial score (nSPS) is 25.1. The summed E-state index contributed by atoms with van der Waals surface area (Å²) in [5.41, 5.74) is 6.67. The van der Waals surface area contributed by atoms with Gasteiger partial charge in [-0.15, -0.1) is 0 Å². The zero-order valence-electron chi connectivity index (χ0n) is 13.9. The van der Waals surface area contributed by atoms with Gasteiger partial charge in [0.05, 0.1) is 9.52 Å². The van der Waals surface area contributed by atoms with Crippen LogP contribution in [-0.2, 0) is 0 Å². The SMILES string of the molecule is CC1=CC(C)(C)C([SiH2]C2=C(C)C(C)=CC2(C)C)=C1C. The Bertz CT molecular complexity index is 498. The van der Waals surface area contributed by atoms with E-state index in [2.05, 4.69) is 67.5 Å². The highest BCUT2D eigenvalue weighted by molar-refractivity contribution is 6.55. The fraction of sp³-hybridized carbons (Fsp3) is 0.556. The van der Waals surface area contributed by atoms with Gasteiger partial charge in [0.15, 0.2) is 0 Å². The summed E-state index contributed by atoms with van der Waals surface area (Å²) < 4.78 is 0. The zero-order valence-corrected chi connectivity index (χ0v) is 15.3. The Morgan fingerprint density at radius 1 is 0.684 bits per heavy atom. The van der Waals surface area contributed by atoms with Crippen molar-refractivity contribution in [3.05, 3.63) is 44.8 Å². The van der Waals surface area contributed by atoms with Crippen LogP contribution in [0.25, 0.3) is 0 Å². The first kappa shape index (κ1) is 14.6. The third-order valence-electron chi connectivity index (χ3n) is 5.15. The predicted molar refractivity (Wildman–Crippen MR) is 89.0 cm³/mol. The van der Waals surface area contributed by atoms with E-state index in [0.717, 1.165) is 0 Å². The molecule has 2 aliphatic rings. The highest BCUT2D eigenvalue weighted by atomic mass is 28.2. The number of hydrogen-bond donors (Lipinski definition) is 0. The molecule has 0 aromatic rings. The van der Waals surface area contributed by atoms with Gasteiger partial charge in [-0.25, -0.2) is 0 Å². The average Bonchev–Trinajstić information content (AvgIpc) is 2.55. The molecule has 2 rings (SSSR count). The van der Waals surface area contributed by atoms with E-state index in [0.29, 0.717) is 0 Å². The van der Waals surface area contributed by atoms with Crippen LogP contribution in [0.4, 0.5) is 0 Å². The minimum Gasteiger partial charge on any atom is -0.0720 e. The maximum absolute atomic E-state index is 2.46. The molecule has 0 amide bonds. The fourth-order valence-corrected chi connectivity index (χ4v) is 6.37. The van der Waals surface area contributed by atoms with E-state index >= 15 is 0 Å². The Morgan fingerprint density at radius 2 is 1.00 bits per heavy atom. The highest BCUT2D eigenvalue weighted by Gasteiger charge is 2.35. The average molecular weight is 273 g/mol. The van der Waals surface area contributed by atoms with Crippen LogP contribution < -0.4 is 0 Å². The molecule has 0 saturated carbocycles. The Balaban J connectivity index is 2.40. The molecule has 0 aliphatic heterocycles. The van der Waals surface area contributed by atoms with Crippen molar-refractivity contribution in [2.24, 2.45) is 10.8 Å². The lowest BCUT2D eigenvalue weighted by Gasteiger charge is -2.28. The van der Waals surface area contributed by atoms with Crippen LogP contribution >= 0.6 is 0 Å². The first-order chi connectivity index (χ1) is 8.56. The molecule has 2 aliphatic carbocycles. The van der Waals surface area contributed by atoms with Gasteiger partial charge >= 0.3 is 0 Å². The Labute approximate surface area is 121 Å². The molecule has 0 fully saturated rings. The Morgan fingerprint density at radius 3 is 1.21 bits per heavy atom. The molecule has 0 N–H and O–H groups in total. The first-order valence-electron chi connectivity index (χ1n) is 7.36. The Kier molecular flexibility index (Phi) is 3.33. The molecule has 0 aromatic carbocycles. The third kappa shape index (κ3) is 2.33. The van der Waals surface area contributed by atoms with Crippen LogP contribution in [0, 0.1) is 10.8 Å². The van der Waals surface area contributed by atoms with Crippen molar-refractivity contribution >= 4 is 9.52 Å². The molecule has 0 nitrogen and oxygen atoms in total. The summed E-state index contributed by atoms with van der Waals surface area (Å²) in [6, 6.07) is 0. The van der Waals surface area contributed by atoms with Crippen LogP contribution in [0.2, 0.25) is 0 Å². The van der Waals surface area contributed by atoms with Gasteiger partial charge in [-0.2, -0.15) is 0 Å². The number of allylic oxidation sites excluding steroid dienone is 8. The standard InChI is InChI=1S/C18H28Si/c1-11-9-17(5,6)15(13(11)3)19-16-14(4)12(2)10-18(16,7)8/h9-10H,19H2,1-8H3. The van der Waals surface area contributed by atoms with Crippen LogP contribution in [0.5, 0.6) is 0 Å². The molecule has 0 unspecified atom stereocenters. The number of hydrogen-bond acceptors (Lipinski definition) is 0. The molecule has 0 bridgehead atoms. The summed E-state index contributed by atoms with van der Waals surface area (Å²) in [4.78, 5) is 0. The first-order valence-corrected chi connectivity index (χ1v) is 8.78. The molecule has 0 heterocycles. The van der Waals surface area contributed by atoms with Gasteiger partial charge in [0, 0.05) is 10.8 Å². The molecule has 1 heteroatoms. The minimum absolute atomic E-state index is 0.278. The van der Waals surface area contributed by atoms with Crippen LogP contribution in [-0.4, -0.2) is 9.52 Å². The van der Waals surface area contributed by atoms with Crippen molar-refractivity contribution in [2.45, 2.75) is 55.4 Å². The molecule has 0 radical (unpaired) electrons. The van der Waals surface area contributed by atoms with Gasteiger partial charge < -0.3 is 0 Å². The van der Waals surface area contributed by atoms with Crippen molar-refractivity contribution < 1.29 is 0 Å². The molecular formula is C18H28Si. The van der Waals surface area contributed by atoms with Gasteiger partial charge in [0.25, 0.3) is 0 Å². The summed E-state index contributed by atoms with van der Waals surface area (Å²) in [5.74, 6) is 0. The highest BCUT2D eigenvalue weighted by Crippen LogP contribution is 2.45. The maximum atomic E-state index is 2.46. The lowest BCUT2D eigenvalue weighted by atomic mass is 9.94. The van der Waals surface area contributed by atoms with Crippen LogP contribution in [0.1, 0.15) is 55.4 Å². The summed E-state index contributed by atoms with van der Waals surface area (Å²) >= 11 is 0.